The van der Waals surface area contributed by atoms with E-state index in [1.807, 2.05) is 0 Å². The molecular formula is C7H5BClF3O3. The first kappa shape index (κ1) is 12.2. The maximum absolute atomic E-state index is 12.2. The van der Waals surface area contributed by atoms with Gasteiger partial charge in [0.1, 0.15) is 5.75 Å². The van der Waals surface area contributed by atoms with Crippen molar-refractivity contribution in [3.05, 3.63) is 28.8 Å². The van der Waals surface area contributed by atoms with Gasteiger partial charge in [-0.05, 0) is 18.2 Å². The van der Waals surface area contributed by atoms with Crippen molar-refractivity contribution < 1.29 is 27.9 Å². The number of benzene rings is 1. The van der Waals surface area contributed by atoms with Crippen LogP contribution in [0.25, 0.3) is 0 Å². The molecule has 0 atom stereocenters. The van der Waals surface area contributed by atoms with Gasteiger partial charge in [0.15, 0.2) is 0 Å². The molecule has 0 radical (unpaired) electrons. The van der Waals surface area contributed by atoms with Crippen molar-refractivity contribution >= 4 is 18.9 Å². The Kier molecular flexibility index (Phi) is 3.48. The van der Waals surface area contributed by atoms with E-state index in [1.165, 1.54) is 0 Å². The van der Waals surface area contributed by atoms with Gasteiger partial charge >= 0.3 is 13.5 Å². The van der Waals surface area contributed by atoms with E-state index in [0.717, 1.165) is 12.1 Å². The highest BCUT2D eigenvalue weighted by Crippen LogP contribution is 2.34. The molecular weight excluding hydrogens is 235 g/mol. The average molecular weight is 240 g/mol. The number of alkyl halides is 3. The highest BCUT2D eigenvalue weighted by atomic mass is 35.5. The first-order valence-electron chi connectivity index (χ1n) is 3.70. The number of hydrogen-bond acceptors (Lipinski definition) is 3. The third-order valence-electron chi connectivity index (χ3n) is 1.49. The van der Waals surface area contributed by atoms with E-state index in [-0.39, 0.29) is 5.02 Å². The van der Waals surface area contributed by atoms with Gasteiger partial charge in [-0.15, -0.1) is 0 Å². The first-order valence-corrected chi connectivity index (χ1v) is 4.08. The van der Waals surface area contributed by atoms with E-state index >= 15 is 0 Å². The van der Waals surface area contributed by atoms with Gasteiger partial charge in [0.2, 0.25) is 0 Å². The third kappa shape index (κ3) is 3.30. The van der Waals surface area contributed by atoms with Crippen LogP contribution in [0.2, 0.25) is 5.02 Å². The van der Waals surface area contributed by atoms with E-state index < -0.39 is 24.8 Å². The molecule has 0 bridgehead atoms. The van der Waals surface area contributed by atoms with Crippen molar-refractivity contribution in [2.45, 2.75) is 6.18 Å². The third-order valence-corrected chi connectivity index (χ3v) is 1.80. The van der Waals surface area contributed by atoms with Gasteiger partial charge < -0.3 is 14.7 Å². The van der Waals surface area contributed by atoms with Gasteiger partial charge in [0.05, 0.1) is 10.6 Å². The maximum atomic E-state index is 12.2. The van der Waals surface area contributed by atoms with Crippen LogP contribution in [0.3, 0.4) is 0 Å². The fourth-order valence-corrected chi connectivity index (χ4v) is 1.05. The van der Waals surface area contributed by atoms with Crippen LogP contribution >= 0.6 is 11.6 Å². The standard InChI is InChI=1S/C7H5BClF3O3/c9-5-2-1-4(7(10,11)12)3-6(5)15-8(13)14/h1-3,13-14H. The second-order valence-electron chi connectivity index (χ2n) is 2.59. The van der Waals surface area contributed by atoms with E-state index in [2.05, 4.69) is 4.65 Å². The summed E-state index contributed by atoms with van der Waals surface area (Å²) in [6, 6.07) is 2.31. The summed E-state index contributed by atoms with van der Waals surface area (Å²) in [6.45, 7) is 0. The van der Waals surface area contributed by atoms with Crippen LogP contribution in [0.5, 0.6) is 5.75 Å². The van der Waals surface area contributed by atoms with Gasteiger partial charge in [0, 0.05) is 0 Å². The minimum Gasteiger partial charge on any atom is -0.511 e. The molecule has 15 heavy (non-hydrogen) atoms. The van der Waals surface area contributed by atoms with Crippen molar-refractivity contribution in [3.63, 3.8) is 0 Å². The van der Waals surface area contributed by atoms with Gasteiger partial charge in [-0.3, -0.25) is 0 Å². The number of hydrogen-bond donors (Lipinski definition) is 2. The van der Waals surface area contributed by atoms with Crippen molar-refractivity contribution in [2.24, 2.45) is 0 Å². The summed E-state index contributed by atoms with van der Waals surface area (Å²) >= 11 is 5.48. The Morgan fingerprint density at radius 2 is 1.87 bits per heavy atom. The van der Waals surface area contributed by atoms with Crippen LogP contribution in [0.4, 0.5) is 13.2 Å². The Labute approximate surface area is 88.2 Å². The monoisotopic (exact) mass is 240 g/mol. The summed E-state index contributed by atoms with van der Waals surface area (Å²) in [4.78, 5) is 0. The maximum Gasteiger partial charge on any atom is 0.707 e. The summed E-state index contributed by atoms with van der Waals surface area (Å²) < 4.78 is 40.9. The Morgan fingerprint density at radius 1 is 1.27 bits per heavy atom. The predicted molar refractivity (Wildman–Crippen MR) is 47.3 cm³/mol. The van der Waals surface area contributed by atoms with E-state index in [9.17, 15) is 13.2 Å². The summed E-state index contributed by atoms with van der Waals surface area (Å²) in [5, 5.41) is 16.7. The normalized spacial score (nSPS) is 11.3. The van der Waals surface area contributed by atoms with Crippen LogP contribution in [0.15, 0.2) is 18.2 Å². The molecule has 3 nitrogen and oxygen atoms in total. The highest BCUT2D eigenvalue weighted by Gasteiger charge is 2.31. The lowest BCUT2D eigenvalue weighted by atomic mass is 10.2. The van der Waals surface area contributed by atoms with Gasteiger partial charge in [-0.25, -0.2) is 0 Å². The fourth-order valence-electron chi connectivity index (χ4n) is 0.884. The number of rotatable bonds is 2. The molecule has 0 aliphatic rings. The topological polar surface area (TPSA) is 49.7 Å². The zero-order valence-corrected chi connectivity index (χ0v) is 7.88. The van der Waals surface area contributed by atoms with Gasteiger partial charge in [-0.2, -0.15) is 13.2 Å². The Bertz CT molecular complexity index is 356. The van der Waals surface area contributed by atoms with Crippen molar-refractivity contribution in [3.8, 4) is 5.75 Å². The fraction of sp³-hybridized carbons (Fsp3) is 0.143. The van der Waals surface area contributed by atoms with E-state index in [0.29, 0.717) is 6.07 Å². The van der Waals surface area contributed by atoms with E-state index in [1.54, 1.807) is 0 Å². The summed E-state index contributed by atoms with van der Waals surface area (Å²) in [5.74, 6) is -0.443. The van der Waals surface area contributed by atoms with Crippen molar-refractivity contribution in [1.82, 2.24) is 0 Å². The molecule has 1 rings (SSSR count). The molecule has 0 fully saturated rings. The van der Waals surface area contributed by atoms with Crippen LogP contribution < -0.4 is 4.65 Å². The SMILES string of the molecule is OB(O)Oc1cc(C(F)(F)F)ccc1Cl. The second-order valence-corrected chi connectivity index (χ2v) is 2.99. The molecule has 0 spiro atoms. The summed E-state index contributed by atoms with van der Waals surface area (Å²) in [6.07, 6.45) is -4.54. The molecule has 0 heterocycles. The average Bonchev–Trinajstić information content (AvgIpc) is 2.06. The van der Waals surface area contributed by atoms with Gasteiger partial charge in [0.25, 0.3) is 0 Å². The Hall–Kier alpha value is -0.915. The Morgan fingerprint density at radius 3 is 2.33 bits per heavy atom. The first-order chi connectivity index (χ1) is 6.80. The molecule has 0 aromatic heterocycles. The molecule has 0 saturated heterocycles. The van der Waals surface area contributed by atoms with Crippen molar-refractivity contribution in [1.29, 1.82) is 0 Å². The molecule has 0 unspecified atom stereocenters. The lowest BCUT2D eigenvalue weighted by Crippen LogP contribution is -2.21. The Balaban J connectivity index is 3.06. The molecule has 0 saturated carbocycles. The zero-order chi connectivity index (χ0) is 11.6. The quantitative estimate of drug-likeness (QED) is 0.774. The molecule has 0 aliphatic heterocycles. The smallest absolute Gasteiger partial charge is 0.511 e. The highest BCUT2D eigenvalue weighted by molar-refractivity contribution is 6.36. The van der Waals surface area contributed by atoms with Crippen LogP contribution in [-0.2, 0) is 6.18 Å². The minimum atomic E-state index is -4.54. The lowest BCUT2D eigenvalue weighted by Gasteiger charge is -2.11. The van der Waals surface area contributed by atoms with Crippen LogP contribution in [0.1, 0.15) is 5.56 Å². The molecule has 1 aromatic carbocycles. The van der Waals surface area contributed by atoms with Crippen LogP contribution in [-0.4, -0.2) is 17.4 Å². The van der Waals surface area contributed by atoms with Crippen molar-refractivity contribution in [2.75, 3.05) is 0 Å². The number of halogens is 4. The molecule has 0 amide bonds. The van der Waals surface area contributed by atoms with E-state index in [4.69, 9.17) is 21.6 Å². The molecule has 2 N–H and O–H groups in total. The van der Waals surface area contributed by atoms with Gasteiger partial charge in [-0.1, -0.05) is 11.6 Å². The summed E-state index contributed by atoms with van der Waals surface area (Å²) in [7, 11) is -2.22. The summed E-state index contributed by atoms with van der Waals surface area (Å²) in [5.41, 5.74) is -0.984. The minimum absolute atomic E-state index is 0.142. The lowest BCUT2D eigenvalue weighted by molar-refractivity contribution is -0.137. The predicted octanol–water partition coefficient (Wildman–Crippen LogP) is 1.71. The zero-order valence-electron chi connectivity index (χ0n) is 7.12. The molecule has 8 heteroatoms. The largest absolute Gasteiger partial charge is 0.707 e. The second kappa shape index (κ2) is 4.30. The molecule has 82 valence electrons. The molecule has 1 aromatic rings. The van der Waals surface area contributed by atoms with Crippen LogP contribution in [0, 0.1) is 0 Å². The molecule has 0 aliphatic carbocycles.